The molecule has 4 aliphatic rings. The van der Waals surface area contributed by atoms with Gasteiger partial charge in [-0.05, 0) is 115 Å². The van der Waals surface area contributed by atoms with Gasteiger partial charge in [0.2, 0.25) is 5.91 Å². The molecule has 4 saturated carbocycles. The van der Waals surface area contributed by atoms with Crippen LogP contribution in [-0.2, 0) is 9.59 Å². The van der Waals surface area contributed by atoms with Gasteiger partial charge in [0.25, 0.3) is 5.91 Å². The minimum absolute atomic E-state index is 0.0581. The molecule has 0 unspecified atom stereocenters. The van der Waals surface area contributed by atoms with Gasteiger partial charge < -0.3 is 20.7 Å². The standard InChI is InChI=1S/C31H35N3O4/c35-28(36)8-7-27(30(38)33-18-31-15-19-11-20(16-31)13-21(12-19)17-31)34-29(37)23-3-1-22(2-4-23)24-5-6-26-25(14-24)9-10-32-26/h1-6,9-10,14,19-21,27,32H,7-8,11-13,15-18H2,(H,33,38)(H,34,37)(H,35,36)/t19?,20?,21?,27-,31?/m0/s1. The third kappa shape index (κ3) is 5.06. The summed E-state index contributed by atoms with van der Waals surface area (Å²) < 4.78 is 0. The van der Waals surface area contributed by atoms with Crippen molar-refractivity contribution in [3.63, 3.8) is 0 Å². The van der Waals surface area contributed by atoms with Crippen LogP contribution in [0.2, 0.25) is 0 Å². The molecule has 198 valence electrons. The Balaban J connectivity index is 1.11. The molecule has 7 rings (SSSR count). The van der Waals surface area contributed by atoms with Crippen molar-refractivity contribution in [1.29, 1.82) is 0 Å². The summed E-state index contributed by atoms with van der Waals surface area (Å²) in [6.45, 7) is 0.620. The van der Waals surface area contributed by atoms with Gasteiger partial charge in [-0.2, -0.15) is 0 Å². The zero-order valence-corrected chi connectivity index (χ0v) is 21.5. The molecular formula is C31H35N3O4. The second-order valence-electron chi connectivity index (χ2n) is 12.0. The Morgan fingerprint density at radius 1 is 0.921 bits per heavy atom. The quantitative estimate of drug-likeness (QED) is 0.318. The van der Waals surface area contributed by atoms with E-state index in [0.29, 0.717) is 12.1 Å². The third-order valence-electron chi connectivity index (χ3n) is 9.11. The van der Waals surface area contributed by atoms with Crippen LogP contribution in [0.1, 0.15) is 61.7 Å². The Bertz CT molecular complexity index is 1320. The van der Waals surface area contributed by atoms with Gasteiger partial charge in [-0.1, -0.05) is 18.2 Å². The Hall–Kier alpha value is -3.61. The first-order chi connectivity index (χ1) is 18.4. The third-order valence-corrected chi connectivity index (χ3v) is 9.11. The van der Waals surface area contributed by atoms with Crippen LogP contribution in [-0.4, -0.2) is 40.5 Å². The summed E-state index contributed by atoms with van der Waals surface area (Å²) in [6, 6.07) is 14.6. The minimum Gasteiger partial charge on any atom is -0.481 e. The van der Waals surface area contributed by atoms with Crippen LogP contribution in [0.3, 0.4) is 0 Å². The lowest BCUT2D eigenvalue weighted by Crippen LogP contribution is -2.54. The van der Waals surface area contributed by atoms with Gasteiger partial charge in [-0.15, -0.1) is 0 Å². The van der Waals surface area contributed by atoms with E-state index in [1.165, 1.54) is 38.5 Å². The molecule has 4 bridgehead atoms. The van der Waals surface area contributed by atoms with Crippen molar-refractivity contribution in [1.82, 2.24) is 15.6 Å². The number of fused-ring (bicyclic) bond motifs is 1. The van der Waals surface area contributed by atoms with Crippen molar-refractivity contribution in [2.24, 2.45) is 23.2 Å². The van der Waals surface area contributed by atoms with Crippen LogP contribution in [0.4, 0.5) is 0 Å². The van der Waals surface area contributed by atoms with Gasteiger partial charge in [0.1, 0.15) is 6.04 Å². The van der Waals surface area contributed by atoms with Gasteiger partial charge >= 0.3 is 5.97 Å². The molecular weight excluding hydrogens is 478 g/mol. The number of carboxylic acids is 1. The number of amides is 2. The van der Waals surface area contributed by atoms with Crippen molar-refractivity contribution in [2.75, 3.05) is 6.54 Å². The van der Waals surface area contributed by atoms with Crippen LogP contribution >= 0.6 is 0 Å². The Morgan fingerprint density at radius 3 is 2.24 bits per heavy atom. The van der Waals surface area contributed by atoms with Gasteiger partial charge in [0, 0.05) is 30.2 Å². The molecule has 4 aliphatic carbocycles. The molecule has 0 radical (unpaired) electrons. The summed E-state index contributed by atoms with van der Waals surface area (Å²) in [7, 11) is 0. The van der Waals surface area contributed by atoms with E-state index in [0.717, 1.165) is 39.8 Å². The number of benzene rings is 2. The molecule has 4 N–H and O–H groups in total. The molecule has 2 aromatic carbocycles. The molecule has 7 heteroatoms. The van der Waals surface area contributed by atoms with E-state index in [-0.39, 0.29) is 30.1 Å². The highest BCUT2D eigenvalue weighted by atomic mass is 16.4. The van der Waals surface area contributed by atoms with Crippen LogP contribution in [0.5, 0.6) is 0 Å². The summed E-state index contributed by atoms with van der Waals surface area (Å²) >= 11 is 0. The summed E-state index contributed by atoms with van der Waals surface area (Å²) in [4.78, 5) is 40.7. The fourth-order valence-corrected chi connectivity index (χ4v) is 7.73. The first-order valence-electron chi connectivity index (χ1n) is 13.8. The second-order valence-corrected chi connectivity index (χ2v) is 12.0. The predicted octanol–water partition coefficient (Wildman–Crippen LogP) is 5.13. The lowest BCUT2D eigenvalue weighted by atomic mass is 9.49. The lowest BCUT2D eigenvalue weighted by molar-refractivity contribution is -0.137. The Kier molecular flexibility index (Phi) is 6.46. The van der Waals surface area contributed by atoms with E-state index in [9.17, 15) is 19.5 Å². The van der Waals surface area contributed by atoms with E-state index in [2.05, 4.69) is 21.7 Å². The fourth-order valence-electron chi connectivity index (χ4n) is 7.73. The molecule has 38 heavy (non-hydrogen) atoms. The van der Waals surface area contributed by atoms with E-state index >= 15 is 0 Å². The highest BCUT2D eigenvalue weighted by Gasteiger charge is 2.50. The summed E-state index contributed by atoms with van der Waals surface area (Å²) in [5.74, 6) is 0.710. The number of carbonyl (C=O) groups excluding carboxylic acids is 2. The molecule has 0 saturated heterocycles. The van der Waals surface area contributed by atoms with Gasteiger partial charge in [-0.3, -0.25) is 14.4 Å². The maximum absolute atomic E-state index is 13.2. The maximum atomic E-state index is 13.2. The number of rotatable bonds is 9. The highest BCUT2D eigenvalue weighted by Crippen LogP contribution is 2.59. The number of aliphatic carboxylic acids is 1. The molecule has 1 atom stereocenters. The van der Waals surface area contributed by atoms with E-state index in [1.807, 2.05) is 36.5 Å². The fraction of sp³-hybridized carbons (Fsp3) is 0.452. The van der Waals surface area contributed by atoms with Crippen molar-refractivity contribution in [2.45, 2.75) is 57.4 Å². The molecule has 0 aliphatic heterocycles. The van der Waals surface area contributed by atoms with Crippen LogP contribution in [0, 0.1) is 23.2 Å². The number of hydrogen-bond acceptors (Lipinski definition) is 3. The molecule has 7 nitrogen and oxygen atoms in total. The Morgan fingerprint density at radius 2 is 1.58 bits per heavy atom. The normalized spacial score (nSPS) is 26.3. The number of hydrogen-bond donors (Lipinski definition) is 4. The van der Waals surface area contributed by atoms with Gasteiger partial charge in [0.15, 0.2) is 0 Å². The average molecular weight is 514 g/mol. The van der Waals surface area contributed by atoms with E-state index in [4.69, 9.17) is 0 Å². The second kappa shape index (κ2) is 9.93. The minimum atomic E-state index is -0.984. The van der Waals surface area contributed by atoms with Crippen molar-refractivity contribution in [3.05, 3.63) is 60.3 Å². The number of H-pyrrole nitrogens is 1. The molecule has 4 fully saturated rings. The topological polar surface area (TPSA) is 111 Å². The number of carbonyl (C=O) groups is 3. The summed E-state index contributed by atoms with van der Waals surface area (Å²) in [6.07, 6.45) is 9.32. The average Bonchev–Trinajstić information content (AvgIpc) is 3.37. The van der Waals surface area contributed by atoms with Crippen LogP contribution in [0.25, 0.3) is 22.0 Å². The smallest absolute Gasteiger partial charge is 0.303 e. The number of aromatic nitrogens is 1. The monoisotopic (exact) mass is 513 g/mol. The van der Waals surface area contributed by atoms with Crippen molar-refractivity contribution >= 4 is 28.7 Å². The highest BCUT2D eigenvalue weighted by molar-refractivity contribution is 5.98. The molecule has 1 aromatic heterocycles. The number of carboxylic acid groups (broad SMARTS) is 1. The summed E-state index contributed by atoms with van der Waals surface area (Å²) in [5, 5.41) is 16.3. The lowest BCUT2D eigenvalue weighted by Gasteiger charge is -2.57. The van der Waals surface area contributed by atoms with Crippen molar-refractivity contribution in [3.8, 4) is 11.1 Å². The van der Waals surface area contributed by atoms with Gasteiger partial charge in [-0.25, -0.2) is 0 Å². The van der Waals surface area contributed by atoms with Crippen LogP contribution in [0.15, 0.2) is 54.7 Å². The number of aromatic amines is 1. The van der Waals surface area contributed by atoms with Crippen LogP contribution < -0.4 is 10.6 Å². The number of nitrogens with one attached hydrogen (secondary N) is 3. The summed E-state index contributed by atoms with van der Waals surface area (Å²) in [5.41, 5.74) is 3.71. The first kappa shape index (κ1) is 24.7. The molecule has 0 spiro atoms. The molecule has 1 heterocycles. The first-order valence-corrected chi connectivity index (χ1v) is 13.8. The predicted molar refractivity (Wildman–Crippen MR) is 145 cm³/mol. The molecule has 2 amide bonds. The molecule has 3 aromatic rings. The van der Waals surface area contributed by atoms with E-state index < -0.39 is 12.0 Å². The van der Waals surface area contributed by atoms with Gasteiger partial charge in [0.05, 0.1) is 0 Å². The zero-order chi connectivity index (χ0) is 26.3. The SMILES string of the molecule is O=C(O)CC[C@H](NC(=O)c1ccc(-c2ccc3[nH]ccc3c2)cc1)C(=O)NCC12CC3CC(CC(C3)C1)C2. The zero-order valence-electron chi connectivity index (χ0n) is 21.5. The largest absolute Gasteiger partial charge is 0.481 e. The van der Waals surface area contributed by atoms with E-state index in [1.54, 1.807) is 12.1 Å². The maximum Gasteiger partial charge on any atom is 0.303 e. The van der Waals surface area contributed by atoms with Crippen molar-refractivity contribution < 1.29 is 19.5 Å². The Labute approximate surface area is 222 Å².